The number of urea groups is 1. The first kappa shape index (κ1) is 22.2. The van der Waals surface area contributed by atoms with Gasteiger partial charge in [-0.3, -0.25) is 4.90 Å². The Kier molecular flexibility index (Phi) is 7.51. The van der Waals surface area contributed by atoms with Crippen molar-refractivity contribution < 1.29 is 9.53 Å². The summed E-state index contributed by atoms with van der Waals surface area (Å²) in [6, 6.07) is 16.5. The number of methoxy groups -OCH3 is 1. The number of benzene rings is 2. The number of hydrogen-bond donors (Lipinski definition) is 1. The fourth-order valence-corrected chi connectivity index (χ4v) is 5.09. The Morgan fingerprint density at radius 1 is 1.06 bits per heavy atom. The summed E-state index contributed by atoms with van der Waals surface area (Å²) in [5, 5.41) is 3.21. The number of amides is 2. The summed E-state index contributed by atoms with van der Waals surface area (Å²) < 4.78 is 6.56. The standard InChI is InChI=1S/C25H32BrN3O2/c1-31-23-7-8-24(26)20(18-23)17-19-9-13-28(14-10-19)15-11-21-12-16-29(25(30)27-21)22-5-3-2-4-6-22/h2-8,18-19,21H,9-17H2,1H3,(H,27,30). The number of ether oxygens (including phenoxy) is 1. The SMILES string of the molecule is COc1ccc(Br)c(CC2CCN(CCC3CCN(c4ccccc4)C(=O)N3)CC2)c1. The molecule has 2 fully saturated rings. The lowest BCUT2D eigenvalue weighted by Gasteiger charge is -2.36. The Bertz CT molecular complexity index is 868. The van der Waals surface area contributed by atoms with E-state index in [4.69, 9.17) is 4.74 Å². The summed E-state index contributed by atoms with van der Waals surface area (Å²) in [5.41, 5.74) is 2.31. The lowest BCUT2D eigenvalue weighted by molar-refractivity contribution is 0.174. The first-order chi connectivity index (χ1) is 15.1. The molecule has 166 valence electrons. The van der Waals surface area contributed by atoms with E-state index in [1.54, 1.807) is 7.11 Å². The minimum absolute atomic E-state index is 0.0324. The van der Waals surface area contributed by atoms with Crippen molar-refractivity contribution in [2.45, 2.75) is 38.1 Å². The first-order valence-corrected chi connectivity index (χ1v) is 12.1. The average molecular weight is 486 g/mol. The quantitative estimate of drug-likeness (QED) is 0.593. The van der Waals surface area contributed by atoms with Crippen molar-refractivity contribution in [3.63, 3.8) is 0 Å². The largest absolute Gasteiger partial charge is 0.497 e. The van der Waals surface area contributed by atoms with Crippen LogP contribution in [-0.4, -0.2) is 50.3 Å². The molecular formula is C25H32BrN3O2. The number of para-hydroxylation sites is 1. The van der Waals surface area contributed by atoms with E-state index in [-0.39, 0.29) is 12.1 Å². The van der Waals surface area contributed by atoms with Gasteiger partial charge in [-0.05, 0) is 87.0 Å². The molecule has 6 heteroatoms. The second kappa shape index (κ2) is 10.5. The molecule has 5 nitrogen and oxygen atoms in total. The molecule has 1 unspecified atom stereocenters. The maximum Gasteiger partial charge on any atom is 0.322 e. The lowest BCUT2D eigenvalue weighted by Crippen LogP contribution is -2.52. The zero-order valence-electron chi connectivity index (χ0n) is 18.2. The van der Waals surface area contributed by atoms with E-state index in [0.29, 0.717) is 5.92 Å². The highest BCUT2D eigenvalue weighted by Gasteiger charge is 2.27. The van der Waals surface area contributed by atoms with Crippen molar-refractivity contribution >= 4 is 27.6 Å². The number of halogens is 1. The van der Waals surface area contributed by atoms with Gasteiger partial charge in [0.25, 0.3) is 0 Å². The number of piperidine rings is 1. The van der Waals surface area contributed by atoms with Gasteiger partial charge in [-0.1, -0.05) is 34.1 Å². The third-order valence-electron chi connectivity index (χ3n) is 6.60. The van der Waals surface area contributed by atoms with Crippen LogP contribution in [0.25, 0.3) is 0 Å². The molecule has 0 aromatic heterocycles. The number of likely N-dealkylation sites (tertiary alicyclic amines) is 1. The van der Waals surface area contributed by atoms with Gasteiger partial charge < -0.3 is 15.0 Å². The predicted octanol–water partition coefficient (Wildman–Crippen LogP) is 5.09. The number of nitrogens with zero attached hydrogens (tertiary/aromatic N) is 2. The van der Waals surface area contributed by atoms with Crippen molar-refractivity contribution in [3.05, 3.63) is 58.6 Å². The van der Waals surface area contributed by atoms with Crippen molar-refractivity contribution in [2.75, 3.05) is 38.2 Å². The fraction of sp³-hybridized carbons (Fsp3) is 0.480. The summed E-state index contributed by atoms with van der Waals surface area (Å²) in [4.78, 5) is 16.9. The van der Waals surface area contributed by atoms with Gasteiger partial charge in [0.05, 0.1) is 7.11 Å². The molecule has 2 aliphatic heterocycles. The van der Waals surface area contributed by atoms with E-state index in [0.717, 1.165) is 56.9 Å². The normalized spacial score (nSPS) is 20.5. The van der Waals surface area contributed by atoms with E-state index < -0.39 is 0 Å². The molecule has 0 saturated carbocycles. The van der Waals surface area contributed by atoms with Crippen LogP contribution in [0.4, 0.5) is 10.5 Å². The Labute approximate surface area is 193 Å². The second-order valence-electron chi connectivity index (χ2n) is 8.66. The molecular weight excluding hydrogens is 454 g/mol. The molecule has 2 saturated heterocycles. The molecule has 1 atom stereocenters. The summed E-state index contributed by atoms with van der Waals surface area (Å²) in [6.07, 6.45) is 5.58. The summed E-state index contributed by atoms with van der Waals surface area (Å²) in [6.45, 7) is 4.13. The van der Waals surface area contributed by atoms with Gasteiger partial charge in [-0.25, -0.2) is 4.79 Å². The number of rotatable bonds is 7. The zero-order chi connectivity index (χ0) is 21.6. The number of nitrogens with one attached hydrogen (secondary N) is 1. The molecule has 2 aromatic rings. The van der Waals surface area contributed by atoms with Gasteiger partial charge in [0.2, 0.25) is 0 Å². The van der Waals surface area contributed by atoms with Gasteiger partial charge in [-0.2, -0.15) is 0 Å². The van der Waals surface area contributed by atoms with Crippen LogP contribution < -0.4 is 15.0 Å². The van der Waals surface area contributed by atoms with E-state index in [9.17, 15) is 4.79 Å². The van der Waals surface area contributed by atoms with Crippen molar-refractivity contribution in [1.29, 1.82) is 0 Å². The van der Waals surface area contributed by atoms with Gasteiger partial charge in [-0.15, -0.1) is 0 Å². The number of carbonyl (C=O) groups excluding carboxylic acids is 1. The second-order valence-corrected chi connectivity index (χ2v) is 9.51. The topological polar surface area (TPSA) is 44.8 Å². The van der Waals surface area contributed by atoms with Crippen molar-refractivity contribution in [1.82, 2.24) is 10.2 Å². The summed E-state index contributed by atoms with van der Waals surface area (Å²) in [7, 11) is 1.72. The maximum atomic E-state index is 12.5. The predicted molar refractivity (Wildman–Crippen MR) is 129 cm³/mol. The highest BCUT2D eigenvalue weighted by atomic mass is 79.9. The van der Waals surface area contributed by atoms with E-state index in [1.165, 1.54) is 22.9 Å². The van der Waals surface area contributed by atoms with Crippen LogP contribution in [0, 0.1) is 5.92 Å². The number of carbonyl (C=O) groups is 1. The zero-order valence-corrected chi connectivity index (χ0v) is 19.8. The van der Waals surface area contributed by atoms with Crippen LogP contribution in [0.3, 0.4) is 0 Å². The van der Waals surface area contributed by atoms with E-state index in [1.807, 2.05) is 41.3 Å². The molecule has 0 radical (unpaired) electrons. The van der Waals surface area contributed by atoms with Crippen LogP contribution in [0.2, 0.25) is 0 Å². The van der Waals surface area contributed by atoms with Crippen LogP contribution >= 0.6 is 15.9 Å². The molecule has 2 aromatic carbocycles. The monoisotopic (exact) mass is 485 g/mol. The summed E-state index contributed by atoms with van der Waals surface area (Å²) >= 11 is 3.69. The number of hydrogen-bond acceptors (Lipinski definition) is 3. The minimum atomic E-state index is 0.0324. The van der Waals surface area contributed by atoms with Crippen LogP contribution in [-0.2, 0) is 6.42 Å². The smallest absolute Gasteiger partial charge is 0.322 e. The highest BCUT2D eigenvalue weighted by molar-refractivity contribution is 9.10. The van der Waals surface area contributed by atoms with E-state index in [2.05, 4.69) is 38.3 Å². The Balaban J connectivity index is 1.19. The Morgan fingerprint density at radius 3 is 2.55 bits per heavy atom. The van der Waals surface area contributed by atoms with Gasteiger partial charge in [0, 0.05) is 29.3 Å². The maximum absolute atomic E-state index is 12.5. The van der Waals surface area contributed by atoms with Crippen LogP contribution in [0.5, 0.6) is 5.75 Å². The molecule has 2 heterocycles. The molecule has 1 N–H and O–H groups in total. The highest BCUT2D eigenvalue weighted by Crippen LogP contribution is 2.29. The average Bonchev–Trinajstić information content (AvgIpc) is 2.80. The summed E-state index contributed by atoms with van der Waals surface area (Å²) in [5.74, 6) is 1.64. The Hall–Kier alpha value is -2.05. The molecule has 2 aliphatic rings. The first-order valence-electron chi connectivity index (χ1n) is 11.3. The van der Waals surface area contributed by atoms with Crippen LogP contribution in [0.15, 0.2) is 53.0 Å². The van der Waals surface area contributed by atoms with Crippen molar-refractivity contribution in [3.8, 4) is 5.75 Å². The van der Waals surface area contributed by atoms with Gasteiger partial charge >= 0.3 is 6.03 Å². The molecule has 2 amide bonds. The third-order valence-corrected chi connectivity index (χ3v) is 7.38. The molecule has 0 spiro atoms. The molecule has 4 rings (SSSR count). The molecule has 0 aliphatic carbocycles. The Morgan fingerprint density at radius 2 is 1.84 bits per heavy atom. The molecule has 0 bridgehead atoms. The fourth-order valence-electron chi connectivity index (χ4n) is 4.68. The number of anilines is 1. The lowest BCUT2D eigenvalue weighted by atomic mass is 9.90. The molecule has 31 heavy (non-hydrogen) atoms. The van der Waals surface area contributed by atoms with E-state index >= 15 is 0 Å². The minimum Gasteiger partial charge on any atom is -0.497 e. The van der Waals surface area contributed by atoms with Gasteiger partial charge in [0.15, 0.2) is 0 Å². The van der Waals surface area contributed by atoms with Gasteiger partial charge in [0.1, 0.15) is 5.75 Å². The van der Waals surface area contributed by atoms with Crippen molar-refractivity contribution in [2.24, 2.45) is 5.92 Å². The van der Waals surface area contributed by atoms with Crippen LogP contribution in [0.1, 0.15) is 31.2 Å². The third kappa shape index (κ3) is 5.80.